The molecule has 0 unspecified atom stereocenters. The number of rotatable bonds is 12. The maximum absolute atomic E-state index is 14.7. The Morgan fingerprint density at radius 1 is 0.301 bits per heavy atom. The summed E-state index contributed by atoms with van der Waals surface area (Å²) in [6.07, 6.45) is 7.01. The SMILES string of the molecule is O=C(Oc1c(F)cccc1F)c1ccc(/C2=C3\C=CC(=N3)/C(c3ccc(C(=O)Oc4c(F)cccc4F)cc3)=c3/cc/c4n3Nn3c2ccc3/C(c2ccc(C(=O)Oc3c(F)cccc3F)cc2)=C2/C=CC(=N2)/C=4c2ccc(C(=O)Oc3c(F)cccc3F)cc2)cc1. The third kappa shape index (κ3) is 10.7. The highest BCUT2D eigenvalue weighted by molar-refractivity contribution is 6.32. The number of carbonyl (C=O) groups excluding carboxylic acids is 4. The van der Waals surface area contributed by atoms with E-state index in [1.54, 1.807) is 106 Å². The van der Waals surface area contributed by atoms with Crippen LogP contribution < -0.4 is 35.2 Å². The second-order valence-electron chi connectivity index (χ2n) is 21.0. The minimum atomic E-state index is -1.10. The van der Waals surface area contributed by atoms with Gasteiger partial charge < -0.3 is 18.9 Å². The number of para-hydroxylation sites is 4. The van der Waals surface area contributed by atoms with Crippen LogP contribution in [0.2, 0.25) is 0 Å². The number of ether oxygens (including phenoxy) is 4. The van der Waals surface area contributed by atoms with Crippen LogP contribution in [-0.2, 0) is 0 Å². The lowest BCUT2D eigenvalue weighted by molar-refractivity contribution is 0.0711. The van der Waals surface area contributed by atoms with E-state index in [-0.39, 0.29) is 22.3 Å². The van der Waals surface area contributed by atoms with E-state index in [1.807, 2.05) is 0 Å². The van der Waals surface area contributed by atoms with Gasteiger partial charge in [-0.3, -0.25) is 0 Å². The third-order valence-corrected chi connectivity index (χ3v) is 15.4. The zero-order valence-corrected chi connectivity index (χ0v) is 47.4. The predicted molar refractivity (Wildman–Crippen MR) is 324 cm³/mol. The molecule has 6 bridgehead atoms. The van der Waals surface area contributed by atoms with E-state index >= 15 is 0 Å². The van der Waals surface area contributed by atoms with Gasteiger partial charge in [-0.2, -0.15) is 0 Å². The minimum Gasteiger partial charge on any atom is -0.417 e. The zero-order valence-electron chi connectivity index (χ0n) is 47.4. The van der Waals surface area contributed by atoms with Crippen LogP contribution >= 0.6 is 0 Å². The fourth-order valence-corrected chi connectivity index (χ4v) is 11.0. The van der Waals surface area contributed by atoms with Gasteiger partial charge >= 0.3 is 23.9 Å². The fraction of sp³-hybridized carbons (Fsp3) is 0. The van der Waals surface area contributed by atoms with Gasteiger partial charge in [-0.15, -0.1) is 0 Å². The molecule has 0 saturated carbocycles. The van der Waals surface area contributed by atoms with Crippen molar-refractivity contribution in [3.05, 3.63) is 343 Å². The maximum atomic E-state index is 14.7. The van der Waals surface area contributed by atoms with Crippen LogP contribution in [-0.4, -0.2) is 44.7 Å². The summed E-state index contributed by atoms with van der Waals surface area (Å²) in [4.78, 5) is 64.8. The molecule has 13 nitrogen and oxygen atoms in total. The number of allylic oxidation sites excluding steroid dienone is 4. The van der Waals surface area contributed by atoms with Gasteiger partial charge in [0.2, 0.25) is 23.0 Å². The fourth-order valence-electron chi connectivity index (χ4n) is 11.0. The first-order valence-electron chi connectivity index (χ1n) is 28.1. The topological polar surface area (TPSA) is 152 Å². The number of hydrogen-bond donors (Lipinski definition) is 1. The molecule has 0 radical (unpaired) electrons. The van der Waals surface area contributed by atoms with Crippen molar-refractivity contribution in [2.45, 2.75) is 0 Å². The second-order valence-corrected chi connectivity index (χ2v) is 21.0. The number of aromatic nitrogens is 2. The summed E-state index contributed by atoms with van der Waals surface area (Å²) in [5.41, 5.74) is 9.20. The molecule has 14 rings (SSSR count). The van der Waals surface area contributed by atoms with E-state index in [0.717, 1.165) is 72.8 Å². The number of fused-ring (bicyclic) bond motifs is 2. The highest BCUT2D eigenvalue weighted by Crippen LogP contribution is 2.40. The van der Waals surface area contributed by atoms with Gasteiger partial charge in [0.05, 0.1) is 67.2 Å². The van der Waals surface area contributed by atoms with Crippen LogP contribution in [0.1, 0.15) is 75.1 Å². The monoisotopic (exact) mass is 1250 g/mol. The Balaban J connectivity index is 0.979. The number of halogens is 8. The van der Waals surface area contributed by atoms with Gasteiger partial charge in [0, 0.05) is 22.3 Å². The number of benzene rings is 8. The summed E-state index contributed by atoms with van der Waals surface area (Å²) in [6.45, 7) is 0. The molecule has 454 valence electrons. The smallest absolute Gasteiger partial charge is 0.343 e. The summed E-state index contributed by atoms with van der Waals surface area (Å²) in [6, 6.07) is 43.2. The summed E-state index contributed by atoms with van der Waals surface area (Å²) in [5, 5.41) is 0.851. The molecule has 6 heterocycles. The van der Waals surface area contributed by atoms with E-state index < -0.39 is 93.4 Å². The number of hydrogen-bond acceptors (Lipinski definition) is 11. The molecular formula is C72H37F8N5O8. The van der Waals surface area contributed by atoms with Gasteiger partial charge in [-0.25, -0.2) is 79.2 Å². The quantitative estimate of drug-likeness (QED) is 0.0716. The lowest BCUT2D eigenvalue weighted by atomic mass is 9.99. The Morgan fingerprint density at radius 3 is 0.828 bits per heavy atom. The van der Waals surface area contributed by atoms with Crippen molar-refractivity contribution in [2.24, 2.45) is 9.98 Å². The van der Waals surface area contributed by atoms with Crippen LogP contribution in [0.15, 0.2) is 240 Å². The van der Waals surface area contributed by atoms with E-state index in [0.29, 0.717) is 89.4 Å². The van der Waals surface area contributed by atoms with Gasteiger partial charge in [-0.1, -0.05) is 72.8 Å². The number of nitrogens with zero attached hydrogens (tertiary/aromatic N) is 4. The Hall–Kier alpha value is -12.5. The molecular weight excluding hydrogens is 1210 g/mol. The number of nitrogens with one attached hydrogen (secondary N) is 1. The predicted octanol–water partition coefficient (Wildman–Crippen LogP) is 13.3. The number of aliphatic imine (C=N–C) groups is 2. The van der Waals surface area contributed by atoms with Crippen molar-refractivity contribution in [1.29, 1.82) is 0 Å². The lowest BCUT2D eigenvalue weighted by Gasteiger charge is -2.24. The molecule has 4 aliphatic heterocycles. The van der Waals surface area contributed by atoms with Gasteiger partial charge in [-0.05, 0) is 168 Å². The molecule has 8 aromatic carbocycles. The first kappa shape index (κ1) is 58.2. The van der Waals surface area contributed by atoms with Crippen molar-refractivity contribution in [3.8, 4) is 23.0 Å². The van der Waals surface area contributed by atoms with Crippen molar-refractivity contribution in [1.82, 2.24) is 9.35 Å². The van der Waals surface area contributed by atoms with Crippen LogP contribution in [0.3, 0.4) is 0 Å². The minimum absolute atomic E-state index is 0.0787. The summed E-state index contributed by atoms with van der Waals surface area (Å²) >= 11 is 0. The molecule has 10 aromatic rings. The van der Waals surface area contributed by atoms with Gasteiger partial charge in [0.15, 0.2) is 46.5 Å². The first-order valence-corrected chi connectivity index (χ1v) is 28.1. The van der Waals surface area contributed by atoms with Crippen LogP contribution in [0.25, 0.3) is 22.3 Å². The Morgan fingerprint density at radius 2 is 0.559 bits per heavy atom. The molecule has 0 saturated heterocycles. The van der Waals surface area contributed by atoms with E-state index in [1.165, 1.54) is 48.5 Å². The highest BCUT2D eigenvalue weighted by atomic mass is 19.2. The molecule has 0 aliphatic carbocycles. The van der Waals surface area contributed by atoms with E-state index in [2.05, 4.69) is 5.53 Å². The van der Waals surface area contributed by atoms with E-state index in [4.69, 9.17) is 28.9 Å². The third-order valence-electron chi connectivity index (χ3n) is 15.4. The standard InChI is InChI=1S/C72H37F8N5O8/c73-45-5-1-6-46(74)65(45)90-69(86)41-21-13-37(14-22-41)61-53-29-30-54(81-53)62(38-15-23-42(24-16-38)70(87)91-66-47(75)7-2-8-48(66)76)59-35-36-60-64(40-19-27-44(28-20-40)72(89)93-68-51(79)11-4-12-52(68)80)56-32-31-55(82-56)63(58-34-33-57(61)84(58)83-85(59)60)39-17-25-43(26-18-39)71(88)92-67-49(77)9-3-10-50(67)78/h1-36,83H/b61-53-,61-57?,62-54?,62-59-,63-55-,63-58?,64-56?,64-60+. The van der Waals surface area contributed by atoms with Crippen molar-refractivity contribution >= 4 is 57.6 Å². The Bertz CT molecular complexity index is 4820. The van der Waals surface area contributed by atoms with Crippen molar-refractivity contribution < 1.29 is 73.2 Å². The summed E-state index contributed by atoms with van der Waals surface area (Å²) in [7, 11) is 0. The molecule has 0 atom stereocenters. The van der Waals surface area contributed by atoms with Crippen molar-refractivity contribution in [3.63, 3.8) is 0 Å². The Labute approximate surface area is 519 Å². The van der Waals surface area contributed by atoms with E-state index in [9.17, 15) is 54.3 Å². The van der Waals surface area contributed by atoms with Crippen LogP contribution in [0, 0.1) is 46.5 Å². The molecule has 0 amide bonds. The van der Waals surface area contributed by atoms with Crippen LogP contribution in [0.4, 0.5) is 35.1 Å². The summed E-state index contributed by atoms with van der Waals surface area (Å²) in [5.74, 6) is -16.6. The Kier molecular flexibility index (Phi) is 14.7. The average molecular weight is 1250 g/mol. The van der Waals surface area contributed by atoms with Gasteiger partial charge in [0.1, 0.15) is 0 Å². The molecule has 2 aromatic heterocycles. The maximum Gasteiger partial charge on any atom is 0.343 e. The average Bonchev–Trinajstić information content (AvgIpc) is 1.59. The molecule has 1 N–H and O–H groups in total. The second kappa shape index (κ2) is 23.5. The molecule has 0 spiro atoms. The van der Waals surface area contributed by atoms with Crippen molar-refractivity contribution in [2.75, 3.05) is 5.53 Å². The largest absolute Gasteiger partial charge is 0.417 e. The highest BCUT2D eigenvalue weighted by Gasteiger charge is 2.31. The molecule has 93 heavy (non-hydrogen) atoms. The number of carbonyl (C=O) groups is 4. The van der Waals surface area contributed by atoms with Gasteiger partial charge in [0.25, 0.3) is 0 Å². The molecule has 4 aliphatic rings. The lowest BCUT2D eigenvalue weighted by Crippen LogP contribution is -2.42. The normalized spacial score (nSPS) is 16.3. The molecule has 21 heteroatoms. The number of esters is 4. The summed E-state index contributed by atoms with van der Waals surface area (Å²) < 4.78 is 142. The molecule has 0 fully saturated rings. The first-order chi connectivity index (χ1) is 45.0. The van der Waals surface area contributed by atoms with Crippen LogP contribution in [0.5, 0.6) is 23.0 Å². The zero-order chi connectivity index (χ0) is 64.3.